The molecule has 0 unspecified atom stereocenters. The standard InChI is InChI=1S/C14H18N2O2/c1-3-10-16(12(2)17)11-9-14(18)15-13-7-5-4-6-8-13/h3-8H,1,9-11H2,2H3,(H,15,18). The number of hydrogen-bond donors (Lipinski definition) is 1. The fourth-order valence-electron chi connectivity index (χ4n) is 1.51. The van der Waals surface area contributed by atoms with Gasteiger partial charge in [-0.1, -0.05) is 24.3 Å². The van der Waals surface area contributed by atoms with Gasteiger partial charge in [0.2, 0.25) is 11.8 Å². The van der Waals surface area contributed by atoms with Crippen LogP contribution in [0.3, 0.4) is 0 Å². The Labute approximate surface area is 107 Å². The zero-order chi connectivity index (χ0) is 13.4. The summed E-state index contributed by atoms with van der Waals surface area (Å²) in [5, 5.41) is 2.78. The lowest BCUT2D eigenvalue weighted by Crippen LogP contribution is -2.32. The van der Waals surface area contributed by atoms with Crippen LogP contribution in [0.2, 0.25) is 0 Å². The van der Waals surface area contributed by atoms with Gasteiger partial charge in [0.1, 0.15) is 0 Å². The topological polar surface area (TPSA) is 49.4 Å². The van der Waals surface area contributed by atoms with Crippen molar-refractivity contribution in [2.45, 2.75) is 13.3 Å². The van der Waals surface area contributed by atoms with E-state index in [-0.39, 0.29) is 18.2 Å². The molecule has 2 amide bonds. The molecule has 96 valence electrons. The van der Waals surface area contributed by atoms with Crippen LogP contribution in [0.25, 0.3) is 0 Å². The van der Waals surface area contributed by atoms with E-state index in [1.165, 1.54) is 6.92 Å². The second kappa shape index (κ2) is 7.27. The van der Waals surface area contributed by atoms with E-state index >= 15 is 0 Å². The zero-order valence-electron chi connectivity index (χ0n) is 10.6. The van der Waals surface area contributed by atoms with E-state index in [9.17, 15) is 9.59 Å². The first-order valence-corrected chi connectivity index (χ1v) is 5.85. The fourth-order valence-corrected chi connectivity index (χ4v) is 1.51. The molecule has 0 fully saturated rings. The number of benzene rings is 1. The van der Waals surface area contributed by atoms with Crippen molar-refractivity contribution in [2.24, 2.45) is 0 Å². The summed E-state index contributed by atoms with van der Waals surface area (Å²) in [5.41, 5.74) is 0.764. The van der Waals surface area contributed by atoms with Gasteiger partial charge in [-0.3, -0.25) is 9.59 Å². The molecule has 0 aromatic heterocycles. The average Bonchev–Trinajstić information content (AvgIpc) is 2.35. The third-order valence-corrected chi connectivity index (χ3v) is 2.46. The summed E-state index contributed by atoms with van der Waals surface area (Å²) in [6.07, 6.45) is 1.93. The molecule has 1 rings (SSSR count). The van der Waals surface area contributed by atoms with E-state index in [1.54, 1.807) is 11.0 Å². The minimum atomic E-state index is -0.100. The van der Waals surface area contributed by atoms with Crippen molar-refractivity contribution in [1.29, 1.82) is 0 Å². The summed E-state index contributed by atoms with van der Waals surface area (Å²) in [5.74, 6) is -0.154. The van der Waals surface area contributed by atoms with Crippen molar-refractivity contribution < 1.29 is 9.59 Å². The van der Waals surface area contributed by atoms with Gasteiger partial charge in [-0.15, -0.1) is 6.58 Å². The molecule has 4 nitrogen and oxygen atoms in total. The Hall–Kier alpha value is -2.10. The van der Waals surface area contributed by atoms with Crippen molar-refractivity contribution in [2.75, 3.05) is 18.4 Å². The minimum absolute atomic E-state index is 0.0533. The summed E-state index contributed by atoms with van der Waals surface area (Å²) in [4.78, 5) is 24.5. The number of hydrogen-bond acceptors (Lipinski definition) is 2. The summed E-state index contributed by atoms with van der Waals surface area (Å²) in [6.45, 7) is 5.94. The van der Waals surface area contributed by atoms with Crippen molar-refractivity contribution in [3.05, 3.63) is 43.0 Å². The Bertz CT molecular complexity index is 415. The van der Waals surface area contributed by atoms with E-state index in [0.717, 1.165) is 5.69 Å². The quantitative estimate of drug-likeness (QED) is 0.781. The van der Waals surface area contributed by atoms with Crippen molar-refractivity contribution in [3.63, 3.8) is 0 Å². The summed E-state index contributed by atoms with van der Waals surface area (Å²) in [7, 11) is 0. The van der Waals surface area contributed by atoms with Gasteiger partial charge in [0.05, 0.1) is 0 Å². The highest BCUT2D eigenvalue weighted by molar-refractivity contribution is 5.91. The van der Waals surface area contributed by atoms with E-state index in [1.807, 2.05) is 30.3 Å². The molecule has 0 saturated heterocycles. The molecular formula is C14H18N2O2. The smallest absolute Gasteiger partial charge is 0.226 e. The van der Waals surface area contributed by atoms with Crippen molar-refractivity contribution >= 4 is 17.5 Å². The molecule has 0 spiro atoms. The predicted molar refractivity (Wildman–Crippen MR) is 72.1 cm³/mol. The third-order valence-electron chi connectivity index (χ3n) is 2.46. The zero-order valence-corrected chi connectivity index (χ0v) is 10.6. The first-order chi connectivity index (χ1) is 8.63. The molecule has 0 aliphatic heterocycles. The van der Waals surface area contributed by atoms with Crippen LogP contribution >= 0.6 is 0 Å². The minimum Gasteiger partial charge on any atom is -0.339 e. The first-order valence-electron chi connectivity index (χ1n) is 5.85. The van der Waals surface area contributed by atoms with E-state index in [0.29, 0.717) is 13.1 Å². The second-order valence-electron chi connectivity index (χ2n) is 3.92. The van der Waals surface area contributed by atoms with Gasteiger partial charge in [0.15, 0.2) is 0 Å². The molecule has 0 saturated carbocycles. The number of nitrogens with one attached hydrogen (secondary N) is 1. The van der Waals surface area contributed by atoms with Gasteiger partial charge >= 0.3 is 0 Å². The van der Waals surface area contributed by atoms with Gasteiger partial charge < -0.3 is 10.2 Å². The summed E-state index contributed by atoms with van der Waals surface area (Å²) in [6, 6.07) is 9.25. The van der Waals surface area contributed by atoms with Crippen LogP contribution in [0.15, 0.2) is 43.0 Å². The van der Waals surface area contributed by atoms with Crippen LogP contribution in [-0.2, 0) is 9.59 Å². The number of para-hydroxylation sites is 1. The number of anilines is 1. The Morgan fingerprint density at radius 3 is 2.56 bits per heavy atom. The Kier molecular flexibility index (Phi) is 5.64. The Morgan fingerprint density at radius 1 is 1.33 bits per heavy atom. The van der Waals surface area contributed by atoms with Crippen LogP contribution in [0.4, 0.5) is 5.69 Å². The van der Waals surface area contributed by atoms with Gasteiger partial charge in [-0.05, 0) is 12.1 Å². The molecule has 1 aromatic rings. The molecule has 18 heavy (non-hydrogen) atoms. The molecule has 0 bridgehead atoms. The lowest BCUT2D eigenvalue weighted by molar-refractivity contribution is -0.128. The number of amides is 2. The van der Waals surface area contributed by atoms with Crippen LogP contribution in [0, 0.1) is 0 Å². The van der Waals surface area contributed by atoms with Crippen LogP contribution in [-0.4, -0.2) is 29.8 Å². The molecule has 1 aromatic carbocycles. The second-order valence-corrected chi connectivity index (χ2v) is 3.92. The highest BCUT2D eigenvalue weighted by atomic mass is 16.2. The van der Waals surface area contributed by atoms with Gasteiger partial charge in [0, 0.05) is 32.1 Å². The molecule has 1 N–H and O–H groups in total. The monoisotopic (exact) mass is 246 g/mol. The lowest BCUT2D eigenvalue weighted by atomic mass is 10.3. The summed E-state index contributed by atoms with van der Waals surface area (Å²) >= 11 is 0. The van der Waals surface area contributed by atoms with Crippen LogP contribution in [0.5, 0.6) is 0 Å². The molecule has 0 aliphatic carbocycles. The number of rotatable bonds is 6. The number of carbonyl (C=O) groups excluding carboxylic acids is 2. The maximum Gasteiger partial charge on any atom is 0.226 e. The predicted octanol–water partition coefficient (Wildman–Crippen LogP) is 2.05. The number of nitrogens with zero attached hydrogens (tertiary/aromatic N) is 1. The van der Waals surface area contributed by atoms with Gasteiger partial charge in [-0.25, -0.2) is 0 Å². The molecule has 0 radical (unpaired) electrons. The highest BCUT2D eigenvalue weighted by Crippen LogP contribution is 2.05. The first kappa shape index (κ1) is 14.0. The Morgan fingerprint density at radius 2 is 2.00 bits per heavy atom. The summed E-state index contributed by atoms with van der Waals surface area (Å²) < 4.78 is 0. The molecule has 4 heteroatoms. The molecule has 0 aliphatic rings. The average molecular weight is 246 g/mol. The largest absolute Gasteiger partial charge is 0.339 e. The van der Waals surface area contributed by atoms with E-state index in [4.69, 9.17) is 0 Å². The maximum atomic E-state index is 11.7. The SMILES string of the molecule is C=CCN(CCC(=O)Nc1ccccc1)C(C)=O. The van der Waals surface area contributed by atoms with E-state index in [2.05, 4.69) is 11.9 Å². The lowest BCUT2D eigenvalue weighted by Gasteiger charge is -2.18. The van der Waals surface area contributed by atoms with Crippen molar-refractivity contribution in [3.8, 4) is 0 Å². The molecule has 0 atom stereocenters. The van der Waals surface area contributed by atoms with Gasteiger partial charge in [-0.2, -0.15) is 0 Å². The Balaban J connectivity index is 2.40. The fraction of sp³-hybridized carbons (Fsp3) is 0.286. The van der Waals surface area contributed by atoms with Gasteiger partial charge in [0.25, 0.3) is 0 Å². The third kappa shape index (κ3) is 4.82. The maximum absolute atomic E-state index is 11.7. The normalized spacial score (nSPS) is 9.61. The highest BCUT2D eigenvalue weighted by Gasteiger charge is 2.09. The van der Waals surface area contributed by atoms with E-state index < -0.39 is 0 Å². The van der Waals surface area contributed by atoms with Crippen LogP contribution in [0.1, 0.15) is 13.3 Å². The van der Waals surface area contributed by atoms with Crippen molar-refractivity contribution in [1.82, 2.24) is 4.90 Å². The van der Waals surface area contributed by atoms with Crippen LogP contribution < -0.4 is 5.32 Å². The molecular weight excluding hydrogens is 228 g/mol. The number of carbonyl (C=O) groups is 2. The molecule has 0 heterocycles.